The van der Waals surface area contributed by atoms with E-state index in [1.165, 1.54) is 11.1 Å². The van der Waals surface area contributed by atoms with Crippen molar-refractivity contribution < 1.29 is 8.42 Å². The van der Waals surface area contributed by atoms with E-state index in [0.29, 0.717) is 11.4 Å². The van der Waals surface area contributed by atoms with Gasteiger partial charge in [-0.15, -0.1) is 0 Å². The number of benzene rings is 2. The van der Waals surface area contributed by atoms with Gasteiger partial charge in [-0.2, -0.15) is 4.31 Å². The SMILES string of the molecule is Cc1ccc(S(=O)(=O)N2CC[C@@H]3C(c4ccccc4)=CC(C)(C)C[C@]32C)cc1. The molecule has 2 aliphatic rings. The van der Waals surface area contributed by atoms with Gasteiger partial charge in [-0.25, -0.2) is 8.42 Å². The molecule has 148 valence electrons. The highest BCUT2D eigenvalue weighted by molar-refractivity contribution is 7.89. The molecule has 0 radical (unpaired) electrons. The number of fused-ring (bicyclic) bond motifs is 1. The molecule has 1 aliphatic carbocycles. The van der Waals surface area contributed by atoms with Crippen molar-refractivity contribution in [3.05, 3.63) is 71.8 Å². The minimum absolute atomic E-state index is 0.0676. The van der Waals surface area contributed by atoms with Crippen molar-refractivity contribution in [1.82, 2.24) is 4.31 Å². The van der Waals surface area contributed by atoms with Crippen LogP contribution in [0.5, 0.6) is 0 Å². The molecule has 0 amide bonds. The van der Waals surface area contributed by atoms with Crippen LogP contribution in [-0.4, -0.2) is 24.8 Å². The molecule has 1 heterocycles. The third-order valence-electron chi connectivity index (χ3n) is 6.39. The van der Waals surface area contributed by atoms with E-state index in [4.69, 9.17) is 0 Å². The highest BCUT2D eigenvalue weighted by Crippen LogP contribution is 2.55. The average Bonchev–Trinajstić information content (AvgIpc) is 2.98. The van der Waals surface area contributed by atoms with Gasteiger partial charge in [0.25, 0.3) is 0 Å². The first-order valence-electron chi connectivity index (χ1n) is 10.0. The number of hydrogen-bond acceptors (Lipinski definition) is 2. The summed E-state index contributed by atoms with van der Waals surface area (Å²) in [6.45, 7) is 9.12. The largest absolute Gasteiger partial charge is 0.243 e. The Labute approximate surface area is 169 Å². The monoisotopic (exact) mass is 395 g/mol. The lowest BCUT2D eigenvalue weighted by molar-refractivity contribution is 0.156. The lowest BCUT2D eigenvalue weighted by Gasteiger charge is -2.47. The highest BCUT2D eigenvalue weighted by Gasteiger charge is 2.55. The number of rotatable bonds is 3. The van der Waals surface area contributed by atoms with Crippen molar-refractivity contribution in [3.63, 3.8) is 0 Å². The van der Waals surface area contributed by atoms with Crippen LogP contribution in [0.3, 0.4) is 0 Å². The van der Waals surface area contributed by atoms with Crippen LogP contribution >= 0.6 is 0 Å². The molecule has 3 nitrogen and oxygen atoms in total. The predicted molar refractivity (Wildman–Crippen MR) is 114 cm³/mol. The van der Waals surface area contributed by atoms with E-state index < -0.39 is 15.6 Å². The Bertz CT molecular complexity index is 1010. The van der Waals surface area contributed by atoms with Gasteiger partial charge in [0.2, 0.25) is 10.0 Å². The molecule has 4 rings (SSSR count). The molecule has 0 N–H and O–H groups in total. The first-order chi connectivity index (χ1) is 13.1. The zero-order valence-corrected chi connectivity index (χ0v) is 18.0. The standard InChI is InChI=1S/C24H29NO2S/c1-18-10-12-20(13-11-18)28(26,27)25-15-14-22-21(19-8-6-5-7-9-19)16-23(2,3)17-24(22,25)4/h5-13,16,22H,14-15,17H2,1-4H3/t22-,24-/m1/s1. The Morgan fingerprint density at radius 3 is 2.25 bits per heavy atom. The minimum atomic E-state index is -3.53. The molecule has 0 aromatic heterocycles. The molecule has 0 spiro atoms. The fourth-order valence-corrected chi connectivity index (χ4v) is 7.15. The Morgan fingerprint density at radius 1 is 0.964 bits per heavy atom. The molecular formula is C24H29NO2S. The molecule has 0 saturated carbocycles. The van der Waals surface area contributed by atoms with E-state index in [0.717, 1.165) is 18.4 Å². The van der Waals surface area contributed by atoms with Gasteiger partial charge in [0, 0.05) is 18.0 Å². The Morgan fingerprint density at radius 2 is 1.61 bits per heavy atom. The maximum absolute atomic E-state index is 13.6. The predicted octanol–water partition coefficient (Wildman–Crippen LogP) is 5.28. The maximum atomic E-state index is 13.6. The first kappa shape index (κ1) is 19.4. The molecule has 2 aromatic rings. The fourth-order valence-electron chi connectivity index (χ4n) is 5.33. The number of aryl methyl sites for hydroxylation is 1. The third kappa shape index (κ3) is 3.13. The lowest BCUT2D eigenvalue weighted by Crippen LogP contribution is -2.52. The van der Waals surface area contributed by atoms with Crippen LogP contribution < -0.4 is 0 Å². The van der Waals surface area contributed by atoms with Crippen molar-refractivity contribution in [2.45, 2.75) is 51.0 Å². The second-order valence-electron chi connectivity index (χ2n) is 9.22. The van der Waals surface area contributed by atoms with Crippen LogP contribution in [0.1, 0.15) is 44.7 Å². The van der Waals surface area contributed by atoms with E-state index in [1.54, 1.807) is 16.4 Å². The van der Waals surface area contributed by atoms with Crippen LogP contribution in [0, 0.1) is 18.3 Å². The molecule has 0 bridgehead atoms. The summed E-state index contributed by atoms with van der Waals surface area (Å²) < 4.78 is 28.9. The summed E-state index contributed by atoms with van der Waals surface area (Å²) in [6.07, 6.45) is 4.06. The summed E-state index contributed by atoms with van der Waals surface area (Å²) in [5, 5.41) is 0. The van der Waals surface area contributed by atoms with Crippen molar-refractivity contribution >= 4 is 15.6 Å². The van der Waals surface area contributed by atoms with Gasteiger partial charge >= 0.3 is 0 Å². The van der Waals surface area contributed by atoms with E-state index in [9.17, 15) is 8.42 Å². The molecular weight excluding hydrogens is 366 g/mol. The number of hydrogen-bond donors (Lipinski definition) is 0. The van der Waals surface area contributed by atoms with Gasteiger partial charge in [0.15, 0.2) is 0 Å². The molecule has 2 atom stereocenters. The zero-order chi connectivity index (χ0) is 20.2. The highest BCUT2D eigenvalue weighted by atomic mass is 32.2. The van der Waals surface area contributed by atoms with Crippen LogP contribution in [0.2, 0.25) is 0 Å². The smallest absolute Gasteiger partial charge is 0.207 e. The topological polar surface area (TPSA) is 37.4 Å². The van der Waals surface area contributed by atoms with Crippen LogP contribution in [0.25, 0.3) is 5.57 Å². The van der Waals surface area contributed by atoms with Crippen molar-refractivity contribution in [2.24, 2.45) is 11.3 Å². The average molecular weight is 396 g/mol. The van der Waals surface area contributed by atoms with E-state index in [2.05, 4.69) is 51.1 Å². The number of nitrogens with zero attached hydrogens (tertiary/aromatic N) is 1. The third-order valence-corrected chi connectivity index (χ3v) is 8.44. The summed E-state index contributed by atoms with van der Waals surface area (Å²) in [4.78, 5) is 0.397. The summed E-state index contributed by atoms with van der Waals surface area (Å²) in [7, 11) is -3.53. The van der Waals surface area contributed by atoms with E-state index >= 15 is 0 Å². The van der Waals surface area contributed by atoms with Crippen LogP contribution in [-0.2, 0) is 10.0 Å². The van der Waals surface area contributed by atoms with Crippen LogP contribution in [0.4, 0.5) is 0 Å². The number of sulfonamides is 1. The summed E-state index contributed by atoms with van der Waals surface area (Å²) >= 11 is 0. The van der Waals surface area contributed by atoms with Crippen molar-refractivity contribution in [3.8, 4) is 0 Å². The summed E-state index contributed by atoms with van der Waals surface area (Å²) in [5.74, 6) is 0.211. The fraction of sp³-hybridized carbons (Fsp3) is 0.417. The van der Waals surface area contributed by atoms with Gasteiger partial charge in [-0.1, -0.05) is 68.0 Å². The van der Waals surface area contributed by atoms with Gasteiger partial charge in [-0.05, 0) is 55.4 Å². The second kappa shape index (κ2) is 6.57. The van der Waals surface area contributed by atoms with Gasteiger partial charge < -0.3 is 0 Å². The Balaban J connectivity index is 1.79. The van der Waals surface area contributed by atoms with Gasteiger partial charge in [0.1, 0.15) is 0 Å². The van der Waals surface area contributed by atoms with E-state index in [1.807, 2.05) is 25.1 Å². The minimum Gasteiger partial charge on any atom is -0.207 e. The summed E-state index contributed by atoms with van der Waals surface area (Å²) in [6, 6.07) is 17.7. The van der Waals surface area contributed by atoms with Gasteiger partial charge in [0.05, 0.1) is 4.90 Å². The Kier molecular flexibility index (Phi) is 4.55. The molecule has 4 heteroatoms. The van der Waals surface area contributed by atoms with Crippen LogP contribution in [0.15, 0.2) is 65.6 Å². The summed E-state index contributed by atoms with van der Waals surface area (Å²) in [5.41, 5.74) is 3.08. The first-order valence-corrected chi connectivity index (χ1v) is 11.5. The quantitative estimate of drug-likeness (QED) is 0.709. The lowest BCUT2D eigenvalue weighted by atomic mass is 9.64. The molecule has 28 heavy (non-hydrogen) atoms. The van der Waals surface area contributed by atoms with E-state index in [-0.39, 0.29) is 11.3 Å². The van der Waals surface area contributed by atoms with Crippen molar-refractivity contribution in [1.29, 1.82) is 0 Å². The molecule has 2 aromatic carbocycles. The maximum Gasteiger partial charge on any atom is 0.243 e. The second-order valence-corrected chi connectivity index (χ2v) is 11.1. The molecule has 1 fully saturated rings. The molecule has 0 unspecified atom stereocenters. The van der Waals surface area contributed by atoms with Gasteiger partial charge in [-0.3, -0.25) is 0 Å². The normalized spacial score (nSPS) is 27.3. The molecule has 1 aliphatic heterocycles. The molecule has 1 saturated heterocycles. The number of allylic oxidation sites excluding steroid dienone is 1. The van der Waals surface area contributed by atoms with Crippen molar-refractivity contribution in [2.75, 3.05) is 6.54 Å². The Hall–Kier alpha value is -1.91. The zero-order valence-electron chi connectivity index (χ0n) is 17.1.